The van der Waals surface area contributed by atoms with E-state index in [-0.39, 0.29) is 6.03 Å². The maximum Gasteiger partial charge on any atom is 0.315 e. The van der Waals surface area contributed by atoms with Crippen LogP contribution < -0.4 is 10.6 Å². The van der Waals surface area contributed by atoms with Crippen LogP contribution >= 0.6 is 0 Å². The number of carbonyl (C=O) groups is 1. The van der Waals surface area contributed by atoms with Gasteiger partial charge in [-0.1, -0.05) is 27.7 Å². The molecule has 1 saturated heterocycles. The van der Waals surface area contributed by atoms with E-state index in [2.05, 4.69) is 43.2 Å². The van der Waals surface area contributed by atoms with Crippen LogP contribution in [0.3, 0.4) is 0 Å². The SMILES string of the molecule is CCC(CC)NC(=O)NCCCCN1CC(C)CC(C)C1. The van der Waals surface area contributed by atoms with E-state index in [9.17, 15) is 4.79 Å². The van der Waals surface area contributed by atoms with E-state index in [1.54, 1.807) is 0 Å². The number of nitrogens with zero attached hydrogens (tertiary/aromatic N) is 1. The fraction of sp³-hybridized carbons (Fsp3) is 0.941. The van der Waals surface area contributed by atoms with Crippen molar-refractivity contribution in [2.45, 2.75) is 65.8 Å². The lowest BCUT2D eigenvalue weighted by atomic mass is 9.92. The van der Waals surface area contributed by atoms with E-state index in [0.717, 1.165) is 37.6 Å². The number of hydrogen-bond donors (Lipinski definition) is 2. The summed E-state index contributed by atoms with van der Waals surface area (Å²) >= 11 is 0. The highest BCUT2D eigenvalue weighted by atomic mass is 16.2. The Bertz CT molecular complexity index is 282. The maximum atomic E-state index is 11.7. The molecule has 0 bridgehead atoms. The first-order chi connectivity index (χ1) is 10.0. The zero-order chi connectivity index (χ0) is 15.7. The first-order valence-electron chi connectivity index (χ1n) is 8.81. The van der Waals surface area contributed by atoms with Gasteiger partial charge >= 0.3 is 6.03 Å². The monoisotopic (exact) mass is 297 g/mol. The summed E-state index contributed by atoms with van der Waals surface area (Å²) in [6.45, 7) is 13.4. The van der Waals surface area contributed by atoms with E-state index < -0.39 is 0 Å². The van der Waals surface area contributed by atoms with Gasteiger partial charge in [0.15, 0.2) is 0 Å². The second-order valence-electron chi connectivity index (χ2n) is 6.83. The molecular formula is C17H35N3O. The van der Waals surface area contributed by atoms with Gasteiger partial charge in [-0.15, -0.1) is 0 Å². The lowest BCUT2D eigenvalue weighted by molar-refractivity contribution is 0.139. The molecule has 2 amide bonds. The number of piperidine rings is 1. The fourth-order valence-electron chi connectivity index (χ4n) is 3.37. The van der Waals surface area contributed by atoms with Crippen molar-refractivity contribution in [3.8, 4) is 0 Å². The number of hydrogen-bond acceptors (Lipinski definition) is 2. The maximum absolute atomic E-state index is 11.7. The summed E-state index contributed by atoms with van der Waals surface area (Å²) in [4.78, 5) is 14.3. The molecular weight excluding hydrogens is 262 g/mol. The molecule has 2 unspecified atom stereocenters. The Morgan fingerprint density at radius 1 is 1.14 bits per heavy atom. The number of rotatable bonds is 8. The van der Waals surface area contributed by atoms with E-state index in [1.165, 1.54) is 32.5 Å². The van der Waals surface area contributed by atoms with Gasteiger partial charge in [0.2, 0.25) is 0 Å². The van der Waals surface area contributed by atoms with Crippen molar-refractivity contribution in [3.05, 3.63) is 0 Å². The van der Waals surface area contributed by atoms with Crippen molar-refractivity contribution in [1.29, 1.82) is 0 Å². The van der Waals surface area contributed by atoms with E-state index in [1.807, 2.05) is 0 Å². The summed E-state index contributed by atoms with van der Waals surface area (Å²) in [6, 6.07) is 0.297. The van der Waals surface area contributed by atoms with Gasteiger partial charge in [-0.05, 0) is 50.5 Å². The minimum absolute atomic E-state index is 0.0103. The largest absolute Gasteiger partial charge is 0.338 e. The molecule has 2 N–H and O–H groups in total. The van der Waals surface area contributed by atoms with Crippen LogP contribution in [-0.4, -0.2) is 43.2 Å². The topological polar surface area (TPSA) is 44.4 Å². The smallest absolute Gasteiger partial charge is 0.315 e. The predicted octanol–water partition coefficient (Wildman–Crippen LogP) is 3.23. The van der Waals surface area contributed by atoms with E-state index in [0.29, 0.717) is 6.04 Å². The Labute approximate surface area is 131 Å². The quantitative estimate of drug-likeness (QED) is 0.676. The number of carbonyl (C=O) groups excluding carboxylic acids is 1. The van der Waals surface area contributed by atoms with Gasteiger partial charge in [-0.2, -0.15) is 0 Å². The normalized spacial score (nSPS) is 23.3. The van der Waals surface area contributed by atoms with E-state index in [4.69, 9.17) is 0 Å². The highest BCUT2D eigenvalue weighted by Gasteiger charge is 2.20. The molecule has 0 saturated carbocycles. The molecule has 1 fully saturated rings. The lowest BCUT2D eigenvalue weighted by Crippen LogP contribution is -2.42. The van der Waals surface area contributed by atoms with Crippen LogP contribution in [0.2, 0.25) is 0 Å². The molecule has 2 atom stereocenters. The minimum Gasteiger partial charge on any atom is -0.338 e. The Kier molecular flexibility index (Phi) is 8.74. The highest BCUT2D eigenvalue weighted by molar-refractivity contribution is 5.74. The molecule has 0 aromatic carbocycles. The molecule has 1 aliphatic heterocycles. The van der Waals surface area contributed by atoms with E-state index >= 15 is 0 Å². The summed E-state index contributed by atoms with van der Waals surface area (Å²) in [5.74, 6) is 1.66. The molecule has 0 aliphatic carbocycles. The van der Waals surface area contributed by atoms with Gasteiger partial charge in [0.25, 0.3) is 0 Å². The molecule has 0 spiro atoms. The number of amides is 2. The summed E-state index contributed by atoms with van der Waals surface area (Å²) in [5, 5.41) is 5.98. The Balaban J connectivity index is 2.05. The molecule has 0 aromatic heterocycles. The third-order valence-electron chi connectivity index (χ3n) is 4.45. The first-order valence-corrected chi connectivity index (χ1v) is 8.81. The van der Waals surface area contributed by atoms with Crippen molar-refractivity contribution >= 4 is 6.03 Å². The molecule has 1 heterocycles. The Morgan fingerprint density at radius 3 is 2.33 bits per heavy atom. The van der Waals surface area contributed by atoms with Crippen LogP contribution in [0.4, 0.5) is 4.79 Å². The van der Waals surface area contributed by atoms with Gasteiger partial charge in [-0.3, -0.25) is 0 Å². The van der Waals surface area contributed by atoms with Crippen LogP contribution in [0.25, 0.3) is 0 Å². The van der Waals surface area contributed by atoms with Crippen LogP contribution in [0.15, 0.2) is 0 Å². The number of likely N-dealkylation sites (tertiary alicyclic amines) is 1. The average Bonchev–Trinajstić information content (AvgIpc) is 2.43. The van der Waals surface area contributed by atoms with Crippen LogP contribution in [0, 0.1) is 11.8 Å². The van der Waals surface area contributed by atoms with Gasteiger partial charge in [-0.25, -0.2) is 4.79 Å². The van der Waals surface area contributed by atoms with Gasteiger partial charge in [0, 0.05) is 25.7 Å². The summed E-state index contributed by atoms with van der Waals surface area (Å²) in [5.41, 5.74) is 0. The van der Waals surface area contributed by atoms with Crippen LogP contribution in [0.1, 0.15) is 59.8 Å². The third-order valence-corrected chi connectivity index (χ3v) is 4.45. The van der Waals surface area contributed by atoms with Crippen LogP contribution in [-0.2, 0) is 0 Å². The molecule has 1 rings (SSSR count). The zero-order valence-corrected chi connectivity index (χ0v) is 14.5. The predicted molar refractivity (Wildman–Crippen MR) is 89.5 cm³/mol. The number of nitrogens with one attached hydrogen (secondary N) is 2. The number of urea groups is 1. The van der Waals surface area contributed by atoms with Crippen molar-refractivity contribution in [1.82, 2.24) is 15.5 Å². The summed E-state index contributed by atoms with van der Waals surface area (Å²) < 4.78 is 0. The van der Waals surface area contributed by atoms with Crippen molar-refractivity contribution < 1.29 is 4.79 Å². The molecule has 1 aliphatic rings. The molecule has 124 valence electrons. The summed E-state index contributed by atoms with van der Waals surface area (Å²) in [6.07, 6.45) is 5.60. The van der Waals surface area contributed by atoms with Gasteiger partial charge in [0.05, 0.1) is 0 Å². The van der Waals surface area contributed by atoms with Gasteiger partial charge < -0.3 is 15.5 Å². The van der Waals surface area contributed by atoms with Crippen molar-refractivity contribution in [3.63, 3.8) is 0 Å². The third kappa shape index (κ3) is 7.70. The van der Waals surface area contributed by atoms with Crippen molar-refractivity contribution in [2.24, 2.45) is 11.8 Å². The minimum atomic E-state index is -0.0103. The second kappa shape index (κ2) is 10.0. The Morgan fingerprint density at radius 2 is 1.76 bits per heavy atom. The zero-order valence-electron chi connectivity index (χ0n) is 14.5. The first kappa shape index (κ1) is 18.3. The standard InChI is InChI=1S/C17H35N3O/c1-5-16(6-2)19-17(21)18-9-7-8-10-20-12-14(3)11-15(4)13-20/h14-16H,5-13H2,1-4H3,(H2,18,19,21). The van der Waals surface area contributed by atoms with Gasteiger partial charge in [0.1, 0.15) is 0 Å². The lowest BCUT2D eigenvalue weighted by Gasteiger charge is -2.34. The molecule has 4 heteroatoms. The Hall–Kier alpha value is -0.770. The highest BCUT2D eigenvalue weighted by Crippen LogP contribution is 2.20. The van der Waals surface area contributed by atoms with Crippen molar-refractivity contribution in [2.75, 3.05) is 26.2 Å². The summed E-state index contributed by atoms with van der Waals surface area (Å²) in [7, 11) is 0. The second-order valence-corrected chi connectivity index (χ2v) is 6.83. The number of unbranched alkanes of at least 4 members (excludes halogenated alkanes) is 1. The molecule has 0 aromatic rings. The van der Waals surface area contributed by atoms with Crippen LogP contribution in [0.5, 0.6) is 0 Å². The fourth-order valence-corrected chi connectivity index (χ4v) is 3.37. The molecule has 21 heavy (non-hydrogen) atoms. The molecule has 0 radical (unpaired) electrons. The molecule has 4 nitrogen and oxygen atoms in total. The average molecular weight is 297 g/mol.